The summed E-state index contributed by atoms with van der Waals surface area (Å²) in [6.45, 7) is 4.95. The zero-order chi connectivity index (χ0) is 11.3. The molecule has 0 amide bonds. The number of benzene rings is 1. The predicted molar refractivity (Wildman–Crippen MR) is 78.5 cm³/mol. The van der Waals surface area contributed by atoms with E-state index in [1.807, 2.05) is 18.2 Å². The van der Waals surface area contributed by atoms with Gasteiger partial charge >= 0.3 is 0 Å². The number of para-hydroxylation sites is 1. The van der Waals surface area contributed by atoms with Crippen molar-refractivity contribution >= 4 is 30.5 Å². The minimum absolute atomic E-state index is 0. The van der Waals surface area contributed by atoms with Crippen molar-refractivity contribution in [1.29, 1.82) is 0 Å². The molecule has 0 fully saturated rings. The number of anilines is 1. The first-order valence-corrected chi connectivity index (χ1v) is 5.33. The van der Waals surface area contributed by atoms with Crippen molar-refractivity contribution in [2.45, 2.75) is 25.9 Å². The van der Waals surface area contributed by atoms with Gasteiger partial charge in [-0.25, -0.2) is 0 Å². The topological polar surface area (TPSA) is 49.5 Å². The molecule has 0 heterocycles. The van der Waals surface area contributed by atoms with Gasteiger partial charge in [0.1, 0.15) is 0 Å². The third kappa shape index (κ3) is 6.13. The van der Waals surface area contributed by atoms with Crippen molar-refractivity contribution in [3.63, 3.8) is 0 Å². The second-order valence-electron chi connectivity index (χ2n) is 4.02. The number of nitrogens with zero attached hydrogens (tertiary/aromatic N) is 1. The molecule has 100 valence electrons. The summed E-state index contributed by atoms with van der Waals surface area (Å²) < 4.78 is 0. The van der Waals surface area contributed by atoms with Crippen LogP contribution in [0, 0.1) is 0 Å². The predicted octanol–water partition coefficient (Wildman–Crippen LogP) is 2.06. The number of hydrogen-bond acceptors (Lipinski definition) is 3. The molecule has 0 aliphatic carbocycles. The molecule has 3 N–H and O–H groups in total. The quantitative estimate of drug-likeness (QED) is 0.868. The van der Waals surface area contributed by atoms with Gasteiger partial charge in [0.2, 0.25) is 0 Å². The van der Waals surface area contributed by atoms with Crippen LogP contribution in [-0.2, 0) is 0 Å². The van der Waals surface area contributed by atoms with Gasteiger partial charge in [0.25, 0.3) is 0 Å². The molecule has 3 nitrogen and oxygen atoms in total. The summed E-state index contributed by atoms with van der Waals surface area (Å²) in [5, 5.41) is 8.96. The van der Waals surface area contributed by atoms with E-state index < -0.39 is 0 Å². The maximum atomic E-state index is 8.96. The summed E-state index contributed by atoms with van der Waals surface area (Å²) in [5.41, 5.74) is 6.91. The molecule has 5 heteroatoms. The highest BCUT2D eigenvalue weighted by molar-refractivity contribution is 5.85. The Morgan fingerprint density at radius 3 is 2.12 bits per heavy atom. The van der Waals surface area contributed by atoms with E-state index in [-0.39, 0.29) is 37.5 Å². The molecule has 1 aromatic carbocycles. The molecule has 0 radical (unpaired) electrons. The van der Waals surface area contributed by atoms with Crippen LogP contribution in [0.1, 0.15) is 13.8 Å². The van der Waals surface area contributed by atoms with Gasteiger partial charge in [0.05, 0.1) is 6.61 Å². The van der Waals surface area contributed by atoms with E-state index in [0.717, 1.165) is 5.69 Å². The molecule has 0 bridgehead atoms. The van der Waals surface area contributed by atoms with E-state index in [2.05, 4.69) is 30.9 Å². The lowest BCUT2D eigenvalue weighted by atomic mass is 10.2. The summed E-state index contributed by atoms with van der Waals surface area (Å²) in [5.74, 6) is 0. The third-order valence-corrected chi connectivity index (χ3v) is 2.38. The summed E-state index contributed by atoms with van der Waals surface area (Å²) in [7, 11) is 0. The molecule has 17 heavy (non-hydrogen) atoms. The third-order valence-electron chi connectivity index (χ3n) is 2.38. The van der Waals surface area contributed by atoms with Gasteiger partial charge in [-0.3, -0.25) is 0 Å². The van der Waals surface area contributed by atoms with E-state index in [4.69, 9.17) is 10.8 Å². The summed E-state index contributed by atoms with van der Waals surface area (Å²) in [4.78, 5) is 2.20. The SMILES string of the molecule is CC(C)N(C[C@H](N)CO)c1ccccc1.Cl.Cl. The number of aliphatic hydroxyl groups excluding tert-OH is 1. The van der Waals surface area contributed by atoms with E-state index in [1.54, 1.807) is 0 Å². The summed E-state index contributed by atoms with van der Waals surface area (Å²) in [6, 6.07) is 10.3. The minimum atomic E-state index is -0.187. The highest BCUT2D eigenvalue weighted by Crippen LogP contribution is 2.16. The van der Waals surface area contributed by atoms with E-state index in [1.165, 1.54) is 0 Å². The Morgan fingerprint density at radius 2 is 1.71 bits per heavy atom. The zero-order valence-corrected chi connectivity index (χ0v) is 11.9. The zero-order valence-electron chi connectivity index (χ0n) is 10.2. The van der Waals surface area contributed by atoms with Crippen molar-refractivity contribution < 1.29 is 5.11 Å². The fourth-order valence-electron chi connectivity index (χ4n) is 1.54. The van der Waals surface area contributed by atoms with Crippen molar-refractivity contribution in [3.05, 3.63) is 30.3 Å². The van der Waals surface area contributed by atoms with Gasteiger partial charge in [-0.15, -0.1) is 24.8 Å². The Labute approximate surface area is 116 Å². The van der Waals surface area contributed by atoms with Crippen molar-refractivity contribution in [2.75, 3.05) is 18.1 Å². The molecule has 0 aromatic heterocycles. The van der Waals surface area contributed by atoms with E-state index in [9.17, 15) is 0 Å². The largest absolute Gasteiger partial charge is 0.395 e. The number of rotatable bonds is 5. The van der Waals surface area contributed by atoms with Crippen LogP contribution in [0.15, 0.2) is 30.3 Å². The Hall–Kier alpha value is -0.480. The molecule has 0 spiro atoms. The molecule has 1 atom stereocenters. The first-order chi connectivity index (χ1) is 7.15. The van der Waals surface area contributed by atoms with Crippen LogP contribution in [0.4, 0.5) is 5.69 Å². The second kappa shape index (κ2) is 9.54. The van der Waals surface area contributed by atoms with Gasteiger partial charge in [0, 0.05) is 24.3 Å². The average Bonchev–Trinajstić information content (AvgIpc) is 2.26. The van der Waals surface area contributed by atoms with Crippen molar-refractivity contribution in [1.82, 2.24) is 0 Å². The highest BCUT2D eigenvalue weighted by Gasteiger charge is 2.13. The normalized spacial score (nSPS) is 11.4. The molecular weight excluding hydrogens is 259 g/mol. The summed E-state index contributed by atoms with van der Waals surface area (Å²) in [6.07, 6.45) is 0. The fraction of sp³-hybridized carbons (Fsp3) is 0.500. The number of halogens is 2. The fourth-order valence-corrected chi connectivity index (χ4v) is 1.54. The molecule has 0 aliphatic heterocycles. The number of nitrogens with two attached hydrogens (primary N) is 1. The molecule has 0 aliphatic rings. The molecule has 0 saturated carbocycles. The standard InChI is InChI=1S/C12H20N2O.2ClH/c1-10(2)14(8-11(13)9-15)12-6-4-3-5-7-12;;/h3-7,10-11,15H,8-9,13H2,1-2H3;2*1H/t11-;;/m0../s1. The van der Waals surface area contributed by atoms with E-state index >= 15 is 0 Å². The molecule has 1 aromatic rings. The van der Waals surface area contributed by atoms with Crippen molar-refractivity contribution in [3.8, 4) is 0 Å². The Bertz CT molecular complexity index is 283. The Kier molecular flexibility index (Phi) is 10.6. The second-order valence-corrected chi connectivity index (χ2v) is 4.02. The van der Waals surface area contributed by atoms with Gasteiger partial charge in [-0.1, -0.05) is 18.2 Å². The lowest BCUT2D eigenvalue weighted by Gasteiger charge is -2.31. The molecule has 0 unspecified atom stereocenters. The Morgan fingerprint density at radius 1 is 1.18 bits per heavy atom. The van der Waals surface area contributed by atoms with Gasteiger partial charge in [-0.05, 0) is 26.0 Å². The lowest BCUT2D eigenvalue weighted by Crippen LogP contribution is -2.43. The van der Waals surface area contributed by atoms with Gasteiger partial charge < -0.3 is 15.7 Å². The maximum Gasteiger partial charge on any atom is 0.0599 e. The summed E-state index contributed by atoms with van der Waals surface area (Å²) >= 11 is 0. The van der Waals surface area contributed by atoms with Crippen LogP contribution >= 0.6 is 24.8 Å². The van der Waals surface area contributed by atoms with Crippen LogP contribution in [0.25, 0.3) is 0 Å². The van der Waals surface area contributed by atoms with Gasteiger partial charge in [0.15, 0.2) is 0 Å². The first kappa shape index (κ1) is 18.9. The number of aliphatic hydroxyl groups is 1. The first-order valence-electron chi connectivity index (χ1n) is 5.33. The average molecular weight is 281 g/mol. The molecule has 1 rings (SSSR count). The highest BCUT2D eigenvalue weighted by atomic mass is 35.5. The van der Waals surface area contributed by atoms with Crippen LogP contribution in [0.5, 0.6) is 0 Å². The minimum Gasteiger partial charge on any atom is -0.395 e. The van der Waals surface area contributed by atoms with E-state index in [0.29, 0.717) is 12.6 Å². The van der Waals surface area contributed by atoms with Gasteiger partial charge in [-0.2, -0.15) is 0 Å². The van der Waals surface area contributed by atoms with Crippen LogP contribution in [0.2, 0.25) is 0 Å². The van der Waals surface area contributed by atoms with Crippen LogP contribution in [0.3, 0.4) is 0 Å². The lowest BCUT2D eigenvalue weighted by molar-refractivity contribution is 0.265. The smallest absolute Gasteiger partial charge is 0.0599 e. The monoisotopic (exact) mass is 280 g/mol. The molecule has 0 saturated heterocycles. The number of hydrogen-bond donors (Lipinski definition) is 2. The maximum absolute atomic E-state index is 8.96. The van der Waals surface area contributed by atoms with Crippen molar-refractivity contribution in [2.24, 2.45) is 5.73 Å². The van der Waals surface area contributed by atoms with Crippen LogP contribution in [-0.4, -0.2) is 30.3 Å². The molecular formula is C12H22Cl2N2O. The van der Waals surface area contributed by atoms with Crippen LogP contribution < -0.4 is 10.6 Å². The Balaban J connectivity index is 0.